The topological polar surface area (TPSA) is 80.1 Å². The average Bonchev–Trinajstić information content (AvgIpc) is 3.52. The first-order valence-electron chi connectivity index (χ1n) is 11.7. The number of fused-ring (bicyclic) bond motifs is 1. The fourth-order valence-electron chi connectivity index (χ4n) is 4.48. The minimum absolute atomic E-state index is 0.0348. The Bertz CT molecular complexity index is 1350. The molecular formula is C27H27N5O2S. The molecular weight excluding hydrogens is 458 g/mol. The highest BCUT2D eigenvalue weighted by Crippen LogP contribution is 2.25. The van der Waals surface area contributed by atoms with Crippen LogP contribution >= 0.6 is 11.8 Å². The van der Waals surface area contributed by atoms with Gasteiger partial charge in [0.15, 0.2) is 5.16 Å². The molecule has 2 aromatic heterocycles. The van der Waals surface area contributed by atoms with E-state index in [9.17, 15) is 9.59 Å². The first-order valence-corrected chi connectivity index (χ1v) is 12.7. The number of rotatable bonds is 7. The van der Waals surface area contributed by atoms with Crippen LogP contribution in [-0.4, -0.2) is 49.6 Å². The van der Waals surface area contributed by atoms with Gasteiger partial charge >= 0.3 is 0 Å². The SMILES string of the molecule is Cn1c(SCC(=O)N2CCC[C@H]2C(=O)NCc2cncc(-c3ccccc3)c2)nc2ccccc21. The Hall–Kier alpha value is -3.65. The third-order valence-corrected chi connectivity index (χ3v) is 7.33. The van der Waals surface area contributed by atoms with E-state index >= 15 is 0 Å². The number of imidazole rings is 1. The van der Waals surface area contributed by atoms with E-state index in [-0.39, 0.29) is 17.6 Å². The summed E-state index contributed by atoms with van der Waals surface area (Å²) in [6.07, 6.45) is 5.08. The smallest absolute Gasteiger partial charge is 0.243 e. The van der Waals surface area contributed by atoms with Crippen molar-refractivity contribution in [1.82, 2.24) is 24.8 Å². The number of benzene rings is 2. The second-order valence-corrected chi connectivity index (χ2v) is 9.58. The van der Waals surface area contributed by atoms with Gasteiger partial charge in [0.25, 0.3) is 0 Å². The van der Waals surface area contributed by atoms with E-state index in [0.29, 0.717) is 19.5 Å². The molecule has 1 fully saturated rings. The van der Waals surface area contributed by atoms with Crippen LogP contribution < -0.4 is 5.32 Å². The summed E-state index contributed by atoms with van der Waals surface area (Å²) in [7, 11) is 1.95. The number of thioether (sulfide) groups is 1. The van der Waals surface area contributed by atoms with Gasteiger partial charge in [-0.2, -0.15) is 0 Å². The van der Waals surface area contributed by atoms with Crippen LogP contribution in [0.3, 0.4) is 0 Å². The summed E-state index contributed by atoms with van der Waals surface area (Å²) >= 11 is 1.41. The number of nitrogens with zero attached hydrogens (tertiary/aromatic N) is 4. The van der Waals surface area contributed by atoms with Gasteiger partial charge < -0.3 is 14.8 Å². The zero-order chi connectivity index (χ0) is 24.2. The van der Waals surface area contributed by atoms with Gasteiger partial charge in [0.2, 0.25) is 11.8 Å². The number of hydrogen-bond donors (Lipinski definition) is 1. The molecule has 0 bridgehead atoms. The van der Waals surface area contributed by atoms with Crippen molar-refractivity contribution in [3.63, 3.8) is 0 Å². The number of aromatic nitrogens is 3. The molecule has 0 radical (unpaired) electrons. The first kappa shape index (κ1) is 23.1. The molecule has 178 valence electrons. The van der Waals surface area contributed by atoms with Crippen molar-refractivity contribution < 1.29 is 9.59 Å². The predicted octanol–water partition coefficient (Wildman–Crippen LogP) is 4.03. The number of aryl methyl sites for hydroxylation is 1. The average molecular weight is 486 g/mol. The molecule has 3 heterocycles. The van der Waals surface area contributed by atoms with E-state index in [1.807, 2.05) is 78.5 Å². The largest absolute Gasteiger partial charge is 0.350 e. The first-order chi connectivity index (χ1) is 17.1. The Kier molecular flexibility index (Phi) is 6.81. The third kappa shape index (κ3) is 5.07. The Morgan fingerprint density at radius 2 is 1.86 bits per heavy atom. The number of hydrogen-bond acceptors (Lipinski definition) is 5. The van der Waals surface area contributed by atoms with Gasteiger partial charge in [-0.1, -0.05) is 54.2 Å². The van der Waals surface area contributed by atoms with E-state index in [4.69, 9.17) is 0 Å². The molecule has 8 heteroatoms. The number of nitrogens with one attached hydrogen (secondary N) is 1. The highest BCUT2D eigenvalue weighted by atomic mass is 32.2. The monoisotopic (exact) mass is 485 g/mol. The summed E-state index contributed by atoms with van der Waals surface area (Å²) in [5.41, 5.74) is 4.96. The predicted molar refractivity (Wildman–Crippen MR) is 138 cm³/mol. The van der Waals surface area contributed by atoms with Gasteiger partial charge in [0.05, 0.1) is 16.8 Å². The number of carbonyl (C=O) groups is 2. The Morgan fingerprint density at radius 1 is 1.06 bits per heavy atom. The lowest BCUT2D eigenvalue weighted by Gasteiger charge is -2.24. The highest BCUT2D eigenvalue weighted by Gasteiger charge is 2.34. The zero-order valence-corrected chi connectivity index (χ0v) is 20.4. The molecule has 0 unspecified atom stereocenters. The van der Waals surface area contributed by atoms with E-state index in [1.165, 1.54) is 11.8 Å². The van der Waals surface area contributed by atoms with Gasteiger partial charge in [-0.05, 0) is 42.2 Å². The van der Waals surface area contributed by atoms with Crippen LogP contribution in [0.1, 0.15) is 18.4 Å². The lowest BCUT2D eigenvalue weighted by Crippen LogP contribution is -2.46. The summed E-state index contributed by atoms with van der Waals surface area (Å²) in [4.78, 5) is 36.7. The van der Waals surface area contributed by atoms with Crippen LogP contribution in [0, 0.1) is 0 Å². The zero-order valence-electron chi connectivity index (χ0n) is 19.6. The van der Waals surface area contributed by atoms with Gasteiger partial charge in [0.1, 0.15) is 6.04 Å². The minimum Gasteiger partial charge on any atom is -0.350 e. The van der Waals surface area contributed by atoms with E-state index in [0.717, 1.165) is 39.3 Å². The Balaban J connectivity index is 1.19. The fourth-order valence-corrected chi connectivity index (χ4v) is 5.35. The molecule has 5 rings (SSSR count). The standard InChI is InChI=1S/C27H27N5O2S/c1-31-23-11-6-5-10-22(23)30-27(31)35-18-25(33)32-13-7-12-24(32)26(34)29-16-19-14-21(17-28-15-19)20-8-3-2-4-9-20/h2-6,8-11,14-15,17,24H,7,12-13,16,18H2,1H3,(H,29,34)/t24-/m0/s1. The van der Waals surface area contributed by atoms with E-state index < -0.39 is 6.04 Å². The van der Waals surface area contributed by atoms with Crippen LogP contribution in [0.5, 0.6) is 0 Å². The van der Waals surface area contributed by atoms with Crippen LogP contribution in [0.15, 0.2) is 78.2 Å². The van der Waals surface area contributed by atoms with Crippen molar-refractivity contribution in [3.05, 3.63) is 78.6 Å². The molecule has 1 saturated heterocycles. The number of amides is 2. The van der Waals surface area contributed by atoms with Gasteiger partial charge in [-0.25, -0.2) is 4.98 Å². The normalized spacial score (nSPS) is 15.5. The maximum Gasteiger partial charge on any atom is 0.243 e. The highest BCUT2D eigenvalue weighted by molar-refractivity contribution is 7.99. The summed E-state index contributed by atoms with van der Waals surface area (Å²) in [6.45, 7) is 0.977. The fraction of sp³-hybridized carbons (Fsp3) is 0.259. The van der Waals surface area contributed by atoms with E-state index in [1.54, 1.807) is 11.1 Å². The van der Waals surface area contributed by atoms with Crippen LogP contribution in [0.25, 0.3) is 22.2 Å². The van der Waals surface area contributed by atoms with E-state index in [2.05, 4.69) is 15.3 Å². The van der Waals surface area contributed by atoms with Crippen LogP contribution in [0.2, 0.25) is 0 Å². The molecule has 1 aliphatic heterocycles. The molecule has 2 amide bonds. The van der Waals surface area contributed by atoms with Crippen molar-refractivity contribution >= 4 is 34.6 Å². The molecule has 0 aliphatic carbocycles. The minimum atomic E-state index is -0.436. The maximum atomic E-state index is 13.0. The quantitative estimate of drug-likeness (QED) is 0.400. The van der Waals surface area contributed by atoms with Crippen molar-refractivity contribution in [2.45, 2.75) is 30.6 Å². The molecule has 35 heavy (non-hydrogen) atoms. The molecule has 1 atom stereocenters. The Labute approximate surface area is 208 Å². The van der Waals surface area contributed by atoms with Crippen molar-refractivity contribution in [1.29, 1.82) is 0 Å². The number of pyridine rings is 1. The summed E-state index contributed by atoms with van der Waals surface area (Å²) in [5, 5.41) is 3.81. The summed E-state index contributed by atoms with van der Waals surface area (Å²) in [6, 6.07) is 19.5. The maximum absolute atomic E-state index is 13.0. The van der Waals surface area contributed by atoms with Crippen molar-refractivity contribution in [2.24, 2.45) is 7.05 Å². The molecule has 1 N–H and O–H groups in total. The van der Waals surface area contributed by atoms with Crippen molar-refractivity contribution in [2.75, 3.05) is 12.3 Å². The van der Waals surface area contributed by atoms with Crippen molar-refractivity contribution in [3.8, 4) is 11.1 Å². The van der Waals surface area contributed by atoms with Crippen LogP contribution in [-0.2, 0) is 23.2 Å². The third-order valence-electron chi connectivity index (χ3n) is 6.32. The number of likely N-dealkylation sites (tertiary alicyclic amines) is 1. The molecule has 0 saturated carbocycles. The van der Waals surface area contributed by atoms with Gasteiger partial charge in [0, 0.05) is 38.1 Å². The second-order valence-electron chi connectivity index (χ2n) is 8.64. The Morgan fingerprint density at radius 3 is 2.69 bits per heavy atom. The molecule has 0 spiro atoms. The summed E-state index contributed by atoms with van der Waals surface area (Å²) < 4.78 is 2.00. The lowest BCUT2D eigenvalue weighted by molar-refractivity contribution is -0.136. The van der Waals surface area contributed by atoms with Gasteiger partial charge in [-0.15, -0.1) is 0 Å². The second kappa shape index (κ2) is 10.3. The number of carbonyl (C=O) groups excluding carboxylic acids is 2. The van der Waals surface area contributed by atoms with Gasteiger partial charge in [-0.3, -0.25) is 14.6 Å². The molecule has 7 nitrogen and oxygen atoms in total. The molecule has 4 aromatic rings. The summed E-state index contributed by atoms with van der Waals surface area (Å²) in [5.74, 6) is 0.102. The molecule has 1 aliphatic rings. The molecule has 2 aromatic carbocycles. The number of para-hydroxylation sites is 2. The van der Waals surface area contributed by atoms with Crippen LogP contribution in [0.4, 0.5) is 0 Å². The lowest BCUT2D eigenvalue weighted by atomic mass is 10.1.